The van der Waals surface area contributed by atoms with Gasteiger partial charge in [-0.1, -0.05) is 0 Å². The Balaban J connectivity index is -0.0000000360. The molecule has 0 unspecified atom stereocenters. The maximum atomic E-state index is 8.50. The Morgan fingerprint density at radius 3 is 0.857 bits per heavy atom. The molecule has 6 nitrogen and oxygen atoms in total. The summed E-state index contributed by atoms with van der Waals surface area (Å²) in [6.45, 7) is 0. The van der Waals surface area contributed by atoms with Gasteiger partial charge in [-0.15, -0.1) is 0 Å². The van der Waals surface area contributed by atoms with Gasteiger partial charge >= 0.3 is 25.3 Å². The van der Waals surface area contributed by atoms with Gasteiger partial charge < -0.3 is 0 Å². The van der Waals surface area contributed by atoms with E-state index in [-0.39, 0.29) is 0 Å². The molecule has 0 aromatic rings. The third-order valence-corrected chi connectivity index (χ3v) is 0. The molecule has 0 saturated heterocycles. The Hall–Kier alpha value is 0.128. The van der Waals surface area contributed by atoms with Gasteiger partial charge in [-0.2, -0.15) is 0 Å². The summed E-state index contributed by atoms with van der Waals surface area (Å²) in [6, 6.07) is 0. The average molecular weight is 196 g/mol. The van der Waals surface area contributed by atoms with Crippen molar-refractivity contribution in [3.05, 3.63) is 0 Å². The van der Waals surface area contributed by atoms with Crippen LogP contribution in [0.15, 0.2) is 0 Å². The monoisotopic (exact) mass is 198 g/mol. The van der Waals surface area contributed by atoms with Gasteiger partial charge in [-0.05, 0) is 0 Å². The third-order valence-electron chi connectivity index (χ3n) is 0. The predicted molar refractivity (Wildman–Crippen MR) is 11.9 cm³/mol. The van der Waals surface area contributed by atoms with Gasteiger partial charge in [0.25, 0.3) is 0 Å². The van der Waals surface area contributed by atoms with Crippen LogP contribution in [-0.2, 0) is 25.3 Å². The number of hydrogen-bond acceptors (Lipinski definition) is 6. The third kappa shape index (κ3) is 6340. The van der Waals surface area contributed by atoms with Gasteiger partial charge in [-0.3, -0.25) is 21.0 Å². The zero-order valence-electron chi connectivity index (χ0n) is 3.01. The van der Waals surface area contributed by atoms with Crippen molar-refractivity contribution >= 4 is 0 Å². The first-order valence-electron chi connectivity index (χ1n) is 0.733. The quantitative estimate of drug-likeness (QED) is 0.242. The minimum atomic E-state index is -2.03. The fraction of sp³-hybridized carbons (Fsp3) is 0. The van der Waals surface area contributed by atoms with E-state index in [0.717, 1.165) is 0 Å². The number of hydrogen-bond donors (Lipinski definition) is 4. The molecule has 0 spiro atoms. The molecule has 0 aliphatic heterocycles. The van der Waals surface area contributed by atoms with Crippen LogP contribution in [0.3, 0.4) is 0 Å². The zero-order chi connectivity index (χ0) is 6.71. The predicted octanol–water partition coefficient (Wildman–Crippen LogP) is -0.205. The summed E-state index contributed by atoms with van der Waals surface area (Å²) in [7, 11) is 0. The van der Waals surface area contributed by atoms with E-state index >= 15 is 0 Å². The summed E-state index contributed by atoms with van der Waals surface area (Å²) in [5.41, 5.74) is 0. The summed E-state index contributed by atoms with van der Waals surface area (Å²) in [5, 5.41) is 24.0. The van der Waals surface area contributed by atoms with Crippen LogP contribution in [0.1, 0.15) is 0 Å². The summed E-state index contributed by atoms with van der Waals surface area (Å²) in [5.74, 6) is 0. The molecule has 0 aromatic heterocycles. The summed E-state index contributed by atoms with van der Waals surface area (Å²) < 4.78 is 17.0. The molecule has 46 valence electrons. The molecule has 0 fully saturated rings. The summed E-state index contributed by atoms with van der Waals surface area (Å²) in [4.78, 5) is 0. The van der Waals surface area contributed by atoms with Crippen molar-refractivity contribution in [3.8, 4) is 0 Å². The number of rotatable bonds is 0. The van der Waals surface area contributed by atoms with Gasteiger partial charge in [0.15, 0.2) is 0 Å². The molecule has 0 atom stereocenters. The molecule has 4 N–H and O–H groups in total. The Morgan fingerprint density at radius 1 is 0.857 bits per heavy atom. The van der Waals surface area contributed by atoms with E-state index in [0.29, 0.717) is 0 Å². The van der Waals surface area contributed by atoms with E-state index < -0.39 is 18.5 Å². The second-order valence-corrected chi connectivity index (χ2v) is 0.403. The molecule has 0 radical (unpaired) electrons. The molecule has 0 amide bonds. The van der Waals surface area contributed by atoms with Gasteiger partial charge in [0.1, 0.15) is 0 Å². The average Bonchev–Trinajstić information content (AvgIpc) is 1.78. The Labute approximate surface area is 47.0 Å². The molecule has 0 aliphatic rings. The fourth-order valence-corrected chi connectivity index (χ4v) is 0. The van der Waals surface area contributed by atoms with Crippen molar-refractivity contribution in [1.29, 1.82) is 0 Å². The van der Waals surface area contributed by atoms with Gasteiger partial charge in [-0.25, -0.2) is 0 Å². The van der Waals surface area contributed by atoms with Crippen LogP contribution >= 0.6 is 0 Å². The SMILES string of the molecule is OO.OO.[O]=[Mo]=[O]. The molecular formula is H4MoO6. The Kier molecular flexibility index (Phi) is 284. The van der Waals surface area contributed by atoms with Crippen molar-refractivity contribution < 1.29 is 46.3 Å². The van der Waals surface area contributed by atoms with E-state index in [1.54, 1.807) is 0 Å². The zero-order valence-corrected chi connectivity index (χ0v) is 5.02. The normalized spacial score (nSPS) is 3.43. The molecule has 7 heteroatoms. The van der Waals surface area contributed by atoms with Crippen LogP contribution in [0.5, 0.6) is 0 Å². The van der Waals surface area contributed by atoms with Gasteiger partial charge in [0, 0.05) is 0 Å². The molecule has 0 bridgehead atoms. The second-order valence-electron chi connectivity index (χ2n) is 0.0680. The van der Waals surface area contributed by atoms with E-state index in [1.165, 1.54) is 0 Å². The minimum absolute atomic E-state index is 2.03. The molecule has 0 aromatic carbocycles. The van der Waals surface area contributed by atoms with E-state index in [1.807, 2.05) is 0 Å². The van der Waals surface area contributed by atoms with Crippen LogP contribution in [0.25, 0.3) is 0 Å². The van der Waals surface area contributed by atoms with Crippen molar-refractivity contribution in [1.82, 2.24) is 0 Å². The topological polar surface area (TPSA) is 115 Å². The molecule has 0 rings (SSSR count). The van der Waals surface area contributed by atoms with E-state index in [4.69, 9.17) is 27.8 Å². The van der Waals surface area contributed by atoms with Gasteiger partial charge in [0.2, 0.25) is 0 Å². The standard InChI is InChI=1S/Mo.2H2O2.2O/c;2*1-2;;/h;2*1-2H;;. The maximum absolute atomic E-state index is 8.50. The van der Waals surface area contributed by atoms with Crippen molar-refractivity contribution in [3.63, 3.8) is 0 Å². The Morgan fingerprint density at radius 2 is 0.857 bits per heavy atom. The van der Waals surface area contributed by atoms with Gasteiger partial charge in [0.05, 0.1) is 0 Å². The molecule has 7 heavy (non-hydrogen) atoms. The fourth-order valence-electron chi connectivity index (χ4n) is 0. The molecule has 0 saturated carbocycles. The van der Waals surface area contributed by atoms with Crippen LogP contribution in [0.2, 0.25) is 0 Å². The van der Waals surface area contributed by atoms with Crippen molar-refractivity contribution in [2.45, 2.75) is 0 Å². The Bertz CT molecular complexity index is 25.2. The summed E-state index contributed by atoms with van der Waals surface area (Å²) in [6.07, 6.45) is 0. The van der Waals surface area contributed by atoms with E-state index in [2.05, 4.69) is 0 Å². The van der Waals surface area contributed by atoms with Crippen LogP contribution in [-0.4, -0.2) is 21.0 Å². The van der Waals surface area contributed by atoms with Crippen molar-refractivity contribution in [2.24, 2.45) is 0 Å². The molecule has 0 aliphatic carbocycles. The first-order valence-corrected chi connectivity index (χ1v) is 2.37. The molecule has 0 heterocycles. The second kappa shape index (κ2) is 127. The molecular weight excluding hydrogens is 192 g/mol. The van der Waals surface area contributed by atoms with Crippen molar-refractivity contribution in [2.75, 3.05) is 0 Å². The summed E-state index contributed by atoms with van der Waals surface area (Å²) >= 11 is -2.03. The first-order chi connectivity index (χ1) is 3.41. The van der Waals surface area contributed by atoms with Crippen LogP contribution in [0.4, 0.5) is 0 Å². The van der Waals surface area contributed by atoms with E-state index in [9.17, 15) is 0 Å². The first kappa shape index (κ1) is 15.7. The van der Waals surface area contributed by atoms with Crippen LogP contribution in [0, 0.1) is 0 Å². The van der Waals surface area contributed by atoms with Crippen LogP contribution < -0.4 is 0 Å².